The van der Waals surface area contributed by atoms with Crippen molar-refractivity contribution in [3.8, 4) is 5.75 Å². The topological polar surface area (TPSA) is 47.6 Å². The molecule has 1 aromatic carbocycles. The lowest BCUT2D eigenvalue weighted by Gasteiger charge is -2.07. The summed E-state index contributed by atoms with van der Waals surface area (Å²) in [7, 11) is 0. The zero-order valence-corrected chi connectivity index (χ0v) is 11.9. The van der Waals surface area contributed by atoms with Crippen LogP contribution in [0, 0.1) is 0 Å². The van der Waals surface area contributed by atoms with Crippen LogP contribution in [0.25, 0.3) is 0 Å². The second kappa shape index (κ2) is 9.64. The summed E-state index contributed by atoms with van der Waals surface area (Å²) in [5.74, 6) is 1.14. The van der Waals surface area contributed by atoms with E-state index in [0.717, 1.165) is 17.9 Å². The molecule has 0 atom stereocenters. The first-order chi connectivity index (χ1) is 9.26. The maximum absolute atomic E-state index is 11.6. The van der Waals surface area contributed by atoms with Crippen molar-refractivity contribution in [3.63, 3.8) is 0 Å². The van der Waals surface area contributed by atoms with Gasteiger partial charge in [-0.3, -0.25) is 4.79 Å². The van der Waals surface area contributed by atoms with Gasteiger partial charge in [0.25, 0.3) is 0 Å². The molecule has 19 heavy (non-hydrogen) atoms. The summed E-state index contributed by atoms with van der Waals surface area (Å²) in [6.45, 7) is 3.66. The summed E-state index contributed by atoms with van der Waals surface area (Å²) in [6, 6.07) is 7.20. The van der Waals surface area contributed by atoms with E-state index in [2.05, 4.69) is 5.32 Å². The normalized spacial score (nSPS) is 10.2. The Balaban J connectivity index is 2.29. The minimum absolute atomic E-state index is 0.0504. The Labute approximate surface area is 119 Å². The standard InChI is InChI=1S/C14H20ClNO3/c1-2-9-18-10-7-14(17)16-12-3-5-13(6-4-12)19-11-8-15/h3-6H,2,7-11H2,1H3,(H,16,17). The van der Waals surface area contributed by atoms with Crippen LogP contribution in [0.1, 0.15) is 19.8 Å². The first kappa shape index (κ1) is 15.8. The van der Waals surface area contributed by atoms with Gasteiger partial charge in [0.1, 0.15) is 12.4 Å². The van der Waals surface area contributed by atoms with Gasteiger partial charge in [-0.2, -0.15) is 0 Å². The molecule has 0 saturated heterocycles. The van der Waals surface area contributed by atoms with Gasteiger partial charge in [0.15, 0.2) is 0 Å². The number of halogens is 1. The van der Waals surface area contributed by atoms with Crippen LogP contribution in [0.4, 0.5) is 5.69 Å². The van der Waals surface area contributed by atoms with E-state index in [1.54, 1.807) is 24.3 Å². The van der Waals surface area contributed by atoms with Crippen LogP contribution in [-0.2, 0) is 9.53 Å². The van der Waals surface area contributed by atoms with E-state index in [1.807, 2.05) is 6.92 Å². The smallest absolute Gasteiger partial charge is 0.226 e. The molecule has 1 aromatic rings. The van der Waals surface area contributed by atoms with Crippen molar-refractivity contribution in [2.45, 2.75) is 19.8 Å². The molecule has 0 aliphatic heterocycles. The molecule has 1 rings (SSSR count). The van der Waals surface area contributed by atoms with Gasteiger partial charge in [-0.1, -0.05) is 6.92 Å². The van der Waals surface area contributed by atoms with Crippen LogP contribution >= 0.6 is 11.6 Å². The second-order valence-corrected chi connectivity index (χ2v) is 4.35. The lowest BCUT2D eigenvalue weighted by Crippen LogP contribution is -2.14. The average Bonchev–Trinajstić information content (AvgIpc) is 2.43. The molecule has 0 aliphatic carbocycles. The second-order valence-electron chi connectivity index (χ2n) is 3.97. The van der Waals surface area contributed by atoms with Crippen molar-refractivity contribution in [2.24, 2.45) is 0 Å². The molecule has 1 N–H and O–H groups in total. The molecule has 0 fully saturated rings. The largest absolute Gasteiger partial charge is 0.492 e. The summed E-state index contributed by atoms with van der Waals surface area (Å²) >= 11 is 5.53. The molecular weight excluding hydrogens is 266 g/mol. The Bertz CT molecular complexity index is 367. The van der Waals surface area contributed by atoms with Crippen LogP contribution in [0.5, 0.6) is 5.75 Å². The Morgan fingerprint density at radius 3 is 2.58 bits per heavy atom. The third-order valence-corrected chi connectivity index (χ3v) is 2.46. The number of rotatable bonds is 9. The number of ether oxygens (including phenoxy) is 2. The molecule has 0 aliphatic rings. The number of hydrogen-bond donors (Lipinski definition) is 1. The maximum atomic E-state index is 11.6. The number of amides is 1. The lowest BCUT2D eigenvalue weighted by molar-refractivity contribution is -0.117. The third-order valence-electron chi connectivity index (χ3n) is 2.31. The van der Waals surface area contributed by atoms with Crippen LogP contribution < -0.4 is 10.1 Å². The van der Waals surface area contributed by atoms with Gasteiger partial charge in [0.05, 0.1) is 18.9 Å². The molecule has 1 amide bonds. The summed E-state index contributed by atoms with van der Waals surface area (Å²) in [6.07, 6.45) is 1.33. The molecule has 0 saturated carbocycles. The van der Waals surface area contributed by atoms with Gasteiger partial charge in [-0.05, 0) is 30.7 Å². The van der Waals surface area contributed by atoms with E-state index in [0.29, 0.717) is 32.1 Å². The van der Waals surface area contributed by atoms with Gasteiger partial charge in [-0.25, -0.2) is 0 Å². The quantitative estimate of drug-likeness (QED) is 0.560. The Hall–Kier alpha value is -1.26. The van der Waals surface area contributed by atoms with Crippen molar-refractivity contribution in [1.29, 1.82) is 0 Å². The van der Waals surface area contributed by atoms with E-state index >= 15 is 0 Å². The van der Waals surface area contributed by atoms with E-state index in [1.165, 1.54) is 0 Å². The molecular formula is C14H20ClNO3. The fourth-order valence-corrected chi connectivity index (χ4v) is 1.50. The van der Waals surface area contributed by atoms with Gasteiger partial charge < -0.3 is 14.8 Å². The van der Waals surface area contributed by atoms with E-state index in [9.17, 15) is 4.79 Å². The molecule has 5 heteroatoms. The van der Waals surface area contributed by atoms with E-state index < -0.39 is 0 Å². The highest BCUT2D eigenvalue weighted by Gasteiger charge is 2.02. The summed E-state index contributed by atoms with van der Waals surface area (Å²) in [5.41, 5.74) is 0.749. The number of carbonyl (C=O) groups is 1. The predicted octanol–water partition coefficient (Wildman–Crippen LogP) is 3.06. The maximum Gasteiger partial charge on any atom is 0.226 e. The molecule has 4 nitrogen and oxygen atoms in total. The highest BCUT2D eigenvalue weighted by atomic mass is 35.5. The Morgan fingerprint density at radius 1 is 1.21 bits per heavy atom. The molecule has 0 spiro atoms. The van der Waals surface area contributed by atoms with Crippen molar-refractivity contribution in [2.75, 3.05) is 31.0 Å². The predicted molar refractivity (Wildman–Crippen MR) is 77.0 cm³/mol. The van der Waals surface area contributed by atoms with Gasteiger partial charge >= 0.3 is 0 Å². The fraction of sp³-hybridized carbons (Fsp3) is 0.500. The summed E-state index contributed by atoms with van der Waals surface area (Å²) in [4.78, 5) is 11.6. The Morgan fingerprint density at radius 2 is 1.95 bits per heavy atom. The molecule has 0 bridgehead atoms. The van der Waals surface area contributed by atoms with Crippen molar-refractivity contribution in [1.82, 2.24) is 0 Å². The van der Waals surface area contributed by atoms with Crippen LogP contribution in [0.15, 0.2) is 24.3 Å². The highest BCUT2D eigenvalue weighted by molar-refractivity contribution is 6.18. The average molecular weight is 286 g/mol. The molecule has 0 heterocycles. The summed E-state index contributed by atoms with van der Waals surface area (Å²) < 4.78 is 10.6. The van der Waals surface area contributed by atoms with Gasteiger partial charge in [0, 0.05) is 12.3 Å². The first-order valence-corrected chi connectivity index (χ1v) is 6.96. The number of nitrogens with one attached hydrogen (secondary N) is 1. The monoisotopic (exact) mass is 285 g/mol. The number of carbonyl (C=O) groups excluding carboxylic acids is 1. The SMILES string of the molecule is CCCOCCC(=O)Nc1ccc(OCCCl)cc1. The highest BCUT2D eigenvalue weighted by Crippen LogP contribution is 2.15. The van der Waals surface area contributed by atoms with Crippen LogP contribution in [0.2, 0.25) is 0 Å². The van der Waals surface area contributed by atoms with Gasteiger partial charge in [-0.15, -0.1) is 11.6 Å². The fourth-order valence-electron chi connectivity index (χ4n) is 1.43. The minimum Gasteiger partial charge on any atom is -0.492 e. The number of hydrogen-bond acceptors (Lipinski definition) is 3. The van der Waals surface area contributed by atoms with Crippen LogP contribution in [-0.4, -0.2) is 31.6 Å². The van der Waals surface area contributed by atoms with E-state index in [-0.39, 0.29) is 5.91 Å². The molecule has 0 unspecified atom stereocenters. The third kappa shape index (κ3) is 7.03. The Kier molecular flexibility index (Phi) is 8.02. The van der Waals surface area contributed by atoms with Crippen LogP contribution in [0.3, 0.4) is 0 Å². The van der Waals surface area contributed by atoms with Gasteiger partial charge in [0.2, 0.25) is 5.91 Å². The molecule has 106 valence electrons. The lowest BCUT2D eigenvalue weighted by atomic mass is 10.3. The van der Waals surface area contributed by atoms with Crippen molar-refractivity contribution < 1.29 is 14.3 Å². The zero-order chi connectivity index (χ0) is 13.9. The minimum atomic E-state index is -0.0504. The zero-order valence-electron chi connectivity index (χ0n) is 11.2. The van der Waals surface area contributed by atoms with E-state index in [4.69, 9.17) is 21.1 Å². The first-order valence-electron chi connectivity index (χ1n) is 6.42. The van der Waals surface area contributed by atoms with Crippen molar-refractivity contribution >= 4 is 23.2 Å². The van der Waals surface area contributed by atoms with Crippen molar-refractivity contribution in [3.05, 3.63) is 24.3 Å². The number of benzene rings is 1. The summed E-state index contributed by atoms with van der Waals surface area (Å²) in [5, 5.41) is 2.80. The number of alkyl halides is 1. The molecule has 0 aromatic heterocycles. The molecule has 0 radical (unpaired) electrons. The number of anilines is 1.